The third kappa shape index (κ3) is 1.97. The fourth-order valence-corrected chi connectivity index (χ4v) is 2.62. The van der Waals surface area contributed by atoms with E-state index in [0.29, 0.717) is 11.5 Å². The van der Waals surface area contributed by atoms with Crippen LogP contribution >= 0.6 is 0 Å². The molecule has 16 heavy (non-hydrogen) atoms. The molecule has 0 radical (unpaired) electrons. The largest absolute Gasteiger partial charge is 0.507 e. The van der Waals surface area contributed by atoms with Gasteiger partial charge in [-0.25, -0.2) is 0 Å². The first kappa shape index (κ1) is 11.2. The number of carbonyl (C=O) groups excluding carboxylic acids is 1. The van der Waals surface area contributed by atoms with Crippen LogP contribution in [0.1, 0.15) is 59.5 Å². The van der Waals surface area contributed by atoms with E-state index in [-0.39, 0.29) is 5.75 Å². The van der Waals surface area contributed by atoms with E-state index in [2.05, 4.69) is 0 Å². The lowest BCUT2D eigenvalue weighted by atomic mass is 9.82. The topological polar surface area (TPSA) is 37.3 Å². The van der Waals surface area contributed by atoms with Gasteiger partial charge in [-0.15, -0.1) is 0 Å². The van der Waals surface area contributed by atoms with E-state index in [1.807, 2.05) is 19.1 Å². The Balaban J connectivity index is 2.37. The van der Waals surface area contributed by atoms with Gasteiger partial charge in [0.1, 0.15) is 5.75 Å². The van der Waals surface area contributed by atoms with Gasteiger partial charge in [-0.2, -0.15) is 0 Å². The Bertz CT molecular complexity index is 390. The highest BCUT2D eigenvalue weighted by Gasteiger charge is 2.20. The second kappa shape index (κ2) is 4.69. The number of carbonyl (C=O) groups is 1. The molecule has 2 rings (SSSR count). The molecule has 0 unspecified atom stereocenters. The number of phenolic OH excluding ortho intramolecular Hbond substituents is 1. The van der Waals surface area contributed by atoms with Crippen molar-refractivity contribution in [3.8, 4) is 5.75 Å². The molecule has 1 aliphatic carbocycles. The van der Waals surface area contributed by atoms with Gasteiger partial charge in [-0.1, -0.05) is 31.4 Å². The number of aryl methyl sites for hydroxylation is 1. The van der Waals surface area contributed by atoms with Gasteiger partial charge in [0.15, 0.2) is 6.29 Å². The van der Waals surface area contributed by atoms with E-state index in [0.717, 1.165) is 30.3 Å². The van der Waals surface area contributed by atoms with Crippen LogP contribution in [0, 0.1) is 6.92 Å². The van der Waals surface area contributed by atoms with Crippen LogP contribution in [0.25, 0.3) is 0 Å². The summed E-state index contributed by atoms with van der Waals surface area (Å²) >= 11 is 0. The fourth-order valence-electron chi connectivity index (χ4n) is 2.62. The number of hydrogen-bond donors (Lipinski definition) is 1. The Morgan fingerprint density at radius 2 is 1.94 bits per heavy atom. The minimum Gasteiger partial charge on any atom is -0.507 e. The zero-order valence-corrected chi connectivity index (χ0v) is 9.70. The molecule has 0 saturated heterocycles. The molecule has 1 N–H and O–H groups in total. The molecule has 2 nitrogen and oxygen atoms in total. The summed E-state index contributed by atoms with van der Waals surface area (Å²) in [6.45, 7) is 1.86. The molecule has 0 atom stereocenters. The summed E-state index contributed by atoms with van der Waals surface area (Å²) in [7, 11) is 0. The molecule has 1 fully saturated rings. The molecular formula is C14H18O2. The molecule has 0 heterocycles. The van der Waals surface area contributed by atoms with E-state index in [1.54, 1.807) is 0 Å². The Labute approximate surface area is 96.3 Å². The Hall–Kier alpha value is -1.31. The number of rotatable bonds is 2. The standard InChI is InChI=1S/C14H18O2/c1-10-7-8-12(14(16)13(10)9-15)11-5-3-2-4-6-11/h7-9,11,16H,2-6H2,1H3. The van der Waals surface area contributed by atoms with Gasteiger partial charge in [0.25, 0.3) is 0 Å². The maximum absolute atomic E-state index is 10.9. The molecule has 1 aliphatic rings. The summed E-state index contributed by atoms with van der Waals surface area (Å²) < 4.78 is 0. The molecular weight excluding hydrogens is 200 g/mol. The van der Waals surface area contributed by atoms with Crippen molar-refractivity contribution in [2.75, 3.05) is 0 Å². The number of aldehydes is 1. The molecule has 0 aliphatic heterocycles. The van der Waals surface area contributed by atoms with Crippen molar-refractivity contribution >= 4 is 6.29 Å². The zero-order chi connectivity index (χ0) is 11.5. The molecule has 0 spiro atoms. The van der Waals surface area contributed by atoms with Gasteiger partial charge in [-0.3, -0.25) is 4.79 Å². The summed E-state index contributed by atoms with van der Waals surface area (Å²) in [5.41, 5.74) is 2.28. The maximum atomic E-state index is 10.9. The van der Waals surface area contributed by atoms with Crippen LogP contribution in [0.2, 0.25) is 0 Å². The van der Waals surface area contributed by atoms with Crippen molar-refractivity contribution in [2.45, 2.75) is 44.9 Å². The number of phenols is 1. The zero-order valence-electron chi connectivity index (χ0n) is 9.70. The average molecular weight is 218 g/mol. The summed E-state index contributed by atoms with van der Waals surface area (Å²) in [5.74, 6) is 0.648. The summed E-state index contributed by atoms with van der Waals surface area (Å²) in [4.78, 5) is 10.9. The Kier molecular flexibility index (Phi) is 3.28. The van der Waals surface area contributed by atoms with Crippen molar-refractivity contribution in [3.05, 3.63) is 28.8 Å². The van der Waals surface area contributed by atoms with Crippen molar-refractivity contribution in [1.29, 1.82) is 0 Å². The third-order valence-electron chi connectivity index (χ3n) is 3.63. The lowest BCUT2D eigenvalue weighted by Crippen LogP contribution is -2.06. The fraction of sp³-hybridized carbons (Fsp3) is 0.500. The van der Waals surface area contributed by atoms with Gasteiger partial charge < -0.3 is 5.11 Å². The Morgan fingerprint density at radius 3 is 2.56 bits per heavy atom. The van der Waals surface area contributed by atoms with Gasteiger partial charge in [0.2, 0.25) is 0 Å². The first-order chi connectivity index (χ1) is 7.74. The van der Waals surface area contributed by atoms with Crippen molar-refractivity contribution < 1.29 is 9.90 Å². The minimum atomic E-state index is 0.210. The number of aromatic hydroxyl groups is 1. The van der Waals surface area contributed by atoms with E-state index < -0.39 is 0 Å². The van der Waals surface area contributed by atoms with Crippen LogP contribution in [0.5, 0.6) is 5.75 Å². The second-order valence-electron chi connectivity index (χ2n) is 4.69. The number of benzene rings is 1. The molecule has 86 valence electrons. The van der Waals surface area contributed by atoms with Crippen LogP contribution in [0.4, 0.5) is 0 Å². The van der Waals surface area contributed by atoms with Crippen LogP contribution in [-0.2, 0) is 0 Å². The van der Waals surface area contributed by atoms with E-state index in [1.165, 1.54) is 19.3 Å². The third-order valence-corrected chi connectivity index (χ3v) is 3.63. The van der Waals surface area contributed by atoms with Gasteiger partial charge >= 0.3 is 0 Å². The highest BCUT2D eigenvalue weighted by atomic mass is 16.3. The molecule has 1 aromatic carbocycles. The normalized spacial score (nSPS) is 17.3. The molecule has 1 saturated carbocycles. The monoisotopic (exact) mass is 218 g/mol. The summed E-state index contributed by atoms with van der Waals surface area (Å²) in [6, 6.07) is 3.92. The number of hydrogen-bond acceptors (Lipinski definition) is 2. The highest BCUT2D eigenvalue weighted by molar-refractivity contribution is 5.82. The predicted molar refractivity (Wildman–Crippen MR) is 64.1 cm³/mol. The van der Waals surface area contributed by atoms with E-state index in [4.69, 9.17) is 0 Å². The molecule has 0 bridgehead atoms. The smallest absolute Gasteiger partial charge is 0.154 e. The lowest BCUT2D eigenvalue weighted by molar-refractivity contribution is 0.112. The highest BCUT2D eigenvalue weighted by Crippen LogP contribution is 2.38. The van der Waals surface area contributed by atoms with Crippen LogP contribution < -0.4 is 0 Å². The van der Waals surface area contributed by atoms with Gasteiger partial charge in [-0.05, 0) is 36.8 Å². The molecule has 0 aromatic heterocycles. The minimum absolute atomic E-state index is 0.210. The average Bonchev–Trinajstić information content (AvgIpc) is 2.31. The molecule has 1 aromatic rings. The van der Waals surface area contributed by atoms with Crippen LogP contribution in [-0.4, -0.2) is 11.4 Å². The first-order valence-electron chi connectivity index (χ1n) is 6.01. The van der Waals surface area contributed by atoms with Crippen molar-refractivity contribution in [1.82, 2.24) is 0 Å². The van der Waals surface area contributed by atoms with Crippen molar-refractivity contribution in [2.24, 2.45) is 0 Å². The van der Waals surface area contributed by atoms with Crippen LogP contribution in [0.15, 0.2) is 12.1 Å². The van der Waals surface area contributed by atoms with E-state index >= 15 is 0 Å². The Morgan fingerprint density at radius 1 is 1.25 bits per heavy atom. The summed E-state index contributed by atoms with van der Waals surface area (Å²) in [6.07, 6.45) is 6.79. The first-order valence-corrected chi connectivity index (χ1v) is 6.01. The second-order valence-corrected chi connectivity index (χ2v) is 4.69. The van der Waals surface area contributed by atoms with Crippen LogP contribution in [0.3, 0.4) is 0 Å². The summed E-state index contributed by atoms with van der Waals surface area (Å²) in [5, 5.41) is 10.1. The molecule has 2 heteroatoms. The van der Waals surface area contributed by atoms with E-state index in [9.17, 15) is 9.90 Å². The SMILES string of the molecule is Cc1ccc(C2CCCCC2)c(O)c1C=O. The van der Waals surface area contributed by atoms with Crippen molar-refractivity contribution in [3.63, 3.8) is 0 Å². The van der Waals surface area contributed by atoms with Gasteiger partial charge in [0.05, 0.1) is 5.56 Å². The maximum Gasteiger partial charge on any atom is 0.154 e. The molecule has 0 amide bonds. The lowest BCUT2D eigenvalue weighted by Gasteiger charge is -2.23. The predicted octanol–water partition coefficient (Wildman–Crippen LogP) is 3.56. The quantitative estimate of drug-likeness (QED) is 0.770. The van der Waals surface area contributed by atoms with Gasteiger partial charge in [0, 0.05) is 0 Å².